The Morgan fingerprint density at radius 2 is 1.11 bits per heavy atom. The molecular weight excluding hydrogens is 907 g/mol. The minimum Gasteiger partial charge on any atom is -0.390 e. The van der Waals surface area contributed by atoms with Crippen LogP contribution in [0.15, 0.2) is 24.8 Å². The molecule has 3 N–H and O–H groups in total. The average molecular weight is 995 g/mol. The van der Waals surface area contributed by atoms with E-state index in [0.29, 0.717) is 62.1 Å². The molecule has 0 unspecified atom stereocenters. The molecule has 64 heavy (non-hydrogen) atoms. The molecule has 0 aliphatic heterocycles. The summed E-state index contributed by atoms with van der Waals surface area (Å²) in [5, 5.41) is 33.4. The largest absolute Gasteiger partial charge is 0.390 e. The lowest BCUT2D eigenvalue weighted by Gasteiger charge is -2.61. The number of ketones is 2. The summed E-state index contributed by atoms with van der Waals surface area (Å²) < 4.78 is 1.70. The van der Waals surface area contributed by atoms with Crippen LogP contribution in [0.3, 0.4) is 0 Å². The molecule has 0 bridgehead atoms. The Morgan fingerprint density at radius 3 is 1.50 bits per heavy atom. The first-order chi connectivity index (χ1) is 28.7. The number of carbonyl (C=O) groups excluding carboxylic acids is 2. The van der Waals surface area contributed by atoms with Gasteiger partial charge in [-0.2, -0.15) is 10.2 Å². The number of alkyl halides is 1. The van der Waals surface area contributed by atoms with Crippen LogP contribution in [0.4, 0.5) is 0 Å². The second-order valence-electron chi connectivity index (χ2n) is 23.4. The molecular formula is C53H87BrCl2N4O4. The van der Waals surface area contributed by atoms with Gasteiger partial charge in [-0.15, -0.1) is 0 Å². The van der Waals surface area contributed by atoms with Crippen molar-refractivity contribution >= 4 is 50.7 Å². The zero-order valence-electron chi connectivity index (χ0n) is 37.9. The highest BCUT2D eigenvalue weighted by molar-refractivity contribution is 9.09. The Balaban J connectivity index is 0.000000206. The number of hydrogen-bond donors (Lipinski definition) is 3. The quantitative estimate of drug-likeness (QED) is 0.257. The summed E-state index contributed by atoms with van der Waals surface area (Å²) in [6.07, 6.45) is 27.5. The van der Waals surface area contributed by atoms with Crippen LogP contribution < -0.4 is 0 Å². The fourth-order valence-corrected chi connectivity index (χ4v) is 17.6. The standard InChI is InChI=1S/C25H37ClN2O2.C22H35BrO2.C3H3ClN2.3CH4/c1-23(30)10-11-24(2)16(12-23)4-5-18-19-6-7-21(25(19,3)9-8-20(18)24)22(29)15-28-14-17(26)13-27-28;1-20(25)10-11-21(2)14(12-20)4-5-15-16-6-7-18(19(24)13-23)22(16,3)9-8-17(15)21;4-3-1-5-6-2-3;;;/h13-14,16,18-21,30H,4-12,15H2,1-3H3;14-18,25H,4-13H2,1-3H3;1-2H,(H,5,6);3*1H4/t16-,18+,19+,20+,21-,23-,24+,25+;14-,15+,16+,17+,18-,20-,21+,22+;;;;/m11..../s1. The van der Waals surface area contributed by atoms with Crippen molar-refractivity contribution in [3.05, 3.63) is 34.8 Å². The van der Waals surface area contributed by atoms with Crippen LogP contribution in [0.25, 0.3) is 0 Å². The highest BCUT2D eigenvalue weighted by Gasteiger charge is 2.63. The Bertz CT molecular complexity index is 1890. The molecule has 2 aromatic heterocycles. The van der Waals surface area contributed by atoms with Gasteiger partial charge in [-0.1, -0.05) is 89.1 Å². The van der Waals surface area contributed by atoms with Crippen molar-refractivity contribution in [2.75, 3.05) is 5.33 Å². The molecule has 0 spiro atoms. The predicted octanol–water partition coefficient (Wildman–Crippen LogP) is 13.8. The molecule has 2 aromatic rings. The van der Waals surface area contributed by atoms with E-state index in [-0.39, 0.29) is 44.9 Å². The lowest BCUT2D eigenvalue weighted by atomic mass is 9.44. The van der Waals surface area contributed by atoms with E-state index >= 15 is 0 Å². The molecule has 0 saturated heterocycles. The Morgan fingerprint density at radius 1 is 0.641 bits per heavy atom. The molecule has 8 nitrogen and oxygen atoms in total. The monoisotopic (exact) mass is 993 g/mol. The molecule has 8 fully saturated rings. The summed E-state index contributed by atoms with van der Waals surface area (Å²) in [6, 6.07) is 0. The zero-order valence-corrected chi connectivity index (χ0v) is 41.0. The number of aliphatic hydroxyl groups is 2. The minimum absolute atomic E-state index is 0. The molecule has 2 heterocycles. The smallest absolute Gasteiger partial charge is 0.157 e. The number of H-pyrrole nitrogens is 1. The maximum Gasteiger partial charge on any atom is 0.157 e. The maximum absolute atomic E-state index is 13.3. The second kappa shape index (κ2) is 20.0. The van der Waals surface area contributed by atoms with E-state index in [9.17, 15) is 19.8 Å². The highest BCUT2D eigenvalue weighted by atomic mass is 79.9. The Hall–Kier alpha value is -1.26. The van der Waals surface area contributed by atoms with Gasteiger partial charge in [-0.25, -0.2) is 0 Å². The second-order valence-corrected chi connectivity index (χ2v) is 24.8. The topological polar surface area (TPSA) is 121 Å². The number of rotatable bonds is 5. The summed E-state index contributed by atoms with van der Waals surface area (Å²) in [6.45, 7) is 14.4. The summed E-state index contributed by atoms with van der Waals surface area (Å²) in [5.74, 6) is 7.16. The van der Waals surface area contributed by atoms with E-state index in [2.05, 4.69) is 58.9 Å². The summed E-state index contributed by atoms with van der Waals surface area (Å²) in [5.41, 5.74) is 0.264. The van der Waals surface area contributed by atoms with Crippen molar-refractivity contribution in [2.24, 2.45) is 80.8 Å². The number of nitrogens with one attached hydrogen (secondary N) is 1. The highest BCUT2D eigenvalue weighted by Crippen LogP contribution is 2.70. The van der Waals surface area contributed by atoms with Crippen LogP contribution in [-0.2, 0) is 16.1 Å². The molecule has 8 aliphatic rings. The Labute approximate surface area is 406 Å². The first kappa shape index (κ1) is 53.7. The number of aromatic amines is 1. The molecule has 0 radical (unpaired) electrons. The number of carbonyl (C=O) groups is 2. The SMILES string of the molecule is C.C.C.C[C@@]1(O)CC[C@@]2(C)[C@H](CC[C@@H]3[C@@H]2CC[C@]2(C)[C@@H](C(=O)CBr)CC[C@@H]32)C1.C[C@@]1(O)CC[C@@]2(C)[C@H](CC[C@@H]3[C@@H]2CC[C@]2(C)[C@@H](C(=O)Cn4cc(Cl)cn4)CC[C@@H]32)C1.Clc1cn[nH]c1. The van der Waals surface area contributed by atoms with Crippen molar-refractivity contribution in [2.45, 2.75) is 197 Å². The first-order valence-corrected chi connectivity index (χ1v) is 26.0. The van der Waals surface area contributed by atoms with Crippen LogP contribution in [-0.4, -0.2) is 58.3 Å². The van der Waals surface area contributed by atoms with E-state index in [1.165, 1.54) is 70.6 Å². The van der Waals surface area contributed by atoms with Gasteiger partial charge in [0.15, 0.2) is 5.78 Å². The van der Waals surface area contributed by atoms with Gasteiger partial charge in [0.2, 0.25) is 0 Å². The molecule has 11 heteroatoms. The van der Waals surface area contributed by atoms with Gasteiger partial charge in [-0.3, -0.25) is 19.4 Å². The maximum atomic E-state index is 13.3. The van der Waals surface area contributed by atoms with Crippen LogP contribution in [0.5, 0.6) is 0 Å². The number of Topliss-reactive ketones (excluding diaryl/α,β-unsaturated/α-hetero) is 2. The van der Waals surface area contributed by atoms with Crippen molar-refractivity contribution in [3.8, 4) is 0 Å². The number of fused-ring (bicyclic) bond motifs is 10. The third-order valence-corrected chi connectivity index (χ3v) is 21.2. The molecule has 10 rings (SSSR count). The number of halogens is 3. The van der Waals surface area contributed by atoms with Gasteiger partial charge in [0.05, 0.1) is 45.5 Å². The van der Waals surface area contributed by atoms with Crippen molar-refractivity contribution in [1.82, 2.24) is 20.0 Å². The van der Waals surface area contributed by atoms with Gasteiger partial charge in [0.1, 0.15) is 5.78 Å². The average Bonchev–Trinajstić information content (AvgIpc) is 4.01. The first-order valence-electron chi connectivity index (χ1n) is 24.1. The molecule has 0 amide bonds. The van der Waals surface area contributed by atoms with Crippen molar-refractivity contribution in [1.29, 1.82) is 0 Å². The predicted molar refractivity (Wildman–Crippen MR) is 267 cm³/mol. The molecule has 364 valence electrons. The van der Waals surface area contributed by atoms with Crippen LogP contribution in [0.1, 0.15) is 179 Å². The van der Waals surface area contributed by atoms with Crippen LogP contribution >= 0.6 is 39.1 Å². The van der Waals surface area contributed by atoms with Gasteiger partial charge in [-0.05, 0) is 198 Å². The van der Waals surface area contributed by atoms with Crippen molar-refractivity contribution < 1.29 is 19.8 Å². The van der Waals surface area contributed by atoms with E-state index in [1.54, 1.807) is 29.5 Å². The van der Waals surface area contributed by atoms with E-state index in [0.717, 1.165) is 74.5 Å². The zero-order chi connectivity index (χ0) is 43.8. The number of aromatic nitrogens is 4. The normalized spacial score (nSPS) is 44.9. The van der Waals surface area contributed by atoms with E-state index < -0.39 is 11.2 Å². The Kier molecular flexibility index (Phi) is 16.8. The molecule has 0 aromatic carbocycles. The van der Waals surface area contributed by atoms with Crippen LogP contribution in [0.2, 0.25) is 10.0 Å². The van der Waals surface area contributed by atoms with Gasteiger partial charge in [0.25, 0.3) is 0 Å². The lowest BCUT2D eigenvalue weighted by molar-refractivity contribution is -0.151. The van der Waals surface area contributed by atoms with Gasteiger partial charge < -0.3 is 10.2 Å². The van der Waals surface area contributed by atoms with Crippen LogP contribution in [0, 0.1) is 80.8 Å². The molecule has 8 saturated carbocycles. The fourth-order valence-electron chi connectivity index (χ4n) is 16.9. The van der Waals surface area contributed by atoms with Gasteiger partial charge in [0, 0.05) is 24.2 Å². The van der Waals surface area contributed by atoms with E-state index in [4.69, 9.17) is 23.2 Å². The fraction of sp³-hybridized carbons (Fsp3) is 0.849. The molecule has 16 atom stereocenters. The third-order valence-electron chi connectivity index (χ3n) is 20.2. The lowest BCUT2D eigenvalue weighted by Crippen LogP contribution is -2.55. The number of nitrogens with zero attached hydrogens (tertiary/aromatic N) is 3. The minimum atomic E-state index is -0.472. The van der Waals surface area contributed by atoms with E-state index in [1.807, 2.05) is 13.8 Å². The number of hydrogen-bond acceptors (Lipinski definition) is 6. The summed E-state index contributed by atoms with van der Waals surface area (Å²) in [7, 11) is 0. The van der Waals surface area contributed by atoms with Gasteiger partial charge >= 0.3 is 0 Å². The summed E-state index contributed by atoms with van der Waals surface area (Å²) >= 11 is 14.8. The summed E-state index contributed by atoms with van der Waals surface area (Å²) in [4.78, 5) is 25.8. The molecule has 8 aliphatic carbocycles. The third kappa shape index (κ3) is 9.80. The van der Waals surface area contributed by atoms with Crippen molar-refractivity contribution in [3.63, 3.8) is 0 Å².